The number of aliphatic hydroxyl groups excluding tert-OH is 2. The molecule has 166 valence electrons. The lowest BCUT2D eigenvalue weighted by molar-refractivity contribution is -0.135. The molecule has 0 spiro atoms. The molecule has 2 aliphatic rings. The van der Waals surface area contributed by atoms with Crippen LogP contribution in [0.4, 0.5) is 0 Å². The van der Waals surface area contributed by atoms with Gasteiger partial charge >= 0.3 is 0 Å². The maximum Gasteiger partial charge on any atom is 0.0602 e. The molecule has 4 unspecified atom stereocenters. The third kappa shape index (κ3) is 4.64. The molecule has 2 rings (SSSR count). The maximum atomic E-state index is 11.5. The van der Waals surface area contributed by atoms with E-state index in [1.54, 1.807) is 0 Å². The van der Waals surface area contributed by atoms with Gasteiger partial charge in [-0.15, -0.1) is 0 Å². The van der Waals surface area contributed by atoms with Gasteiger partial charge in [0.25, 0.3) is 0 Å². The molecule has 0 aromatic heterocycles. The van der Waals surface area contributed by atoms with Crippen LogP contribution in [-0.2, 0) is 0 Å². The first-order valence-electron chi connectivity index (χ1n) is 12.5. The quantitative estimate of drug-likeness (QED) is 0.426. The van der Waals surface area contributed by atoms with Gasteiger partial charge in [0.1, 0.15) is 0 Å². The van der Waals surface area contributed by atoms with Gasteiger partial charge in [-0.3, -0.25) is 0 Å². The highest BCUT2D eigenvalue weighted by Gasteiger charge is 2.60. The predicted octanol–water partition coefficient (Wildman–Crippen LogP) is 6.83. The molecule has 28 heavy (non-hydrogen) atoms. The molecule has 0 aromatic rings. The summed E-state index contributed by atoms with van der Waals surface area (Å²) >= 11 is 0. The van der Waals surface area contributed by atoms with Crippen LogP contribution in [-0.4, -0.2) is 22.4 Å². The van der Waals surface area contributed by atoms with Gasteiger partial charge in [0.2, 0.25) is 0 Å². The van der Waals surface area contributed by atoms with E-state index in [1.165, 1.54) is 38.5 Å². The second-order valence-electron chi connectivity index (χ2n) is 11.3. The van der Waals surface area contributed by atoms with Gasteiger partial charge in [0, 0.05) is 0 Å². The first-order chi connectivity index (χ1) is 13.1. The Bertz CT molecular complexity index is 473. The molecular weight excluding hydrogens is 344 g/mol. The summed E-state index contributed by atoms with van der Waals surface area (Å²) in [6.07, 6.45) is 11.1. The van der Waals surface area contributed by atoms with Crippen molar-refractivity contribution in [1.82, 2.24) is 0 Å². The number of aliphatic hydroxyl groups is 2. The molecule has 2 saturated carbocycles. The minimum Gasteiger partial charge on any atom is -0.393 e. The van der Waals surface area contributed by atoms with E-state index in [9.17, 15) is 10.2 Å². The minimum atomic E-state index is -0.173. The van der Waals surface area contributed by atoms with Crippen molar-refractivity contribution in [3.63, 3.8) is 0 Å². The van der Waals surface area contributed by atoms with Crippen LogP contribution < -0.4 is 0 Å². The van der Waals surface area contributed by atoms with E-state index < -0.39 is 0 Å². The molecule has 0 bridgehead atoms. The summed E-state index contributed by atoms with van der Waals surface area (Å²) in [7, 11) is 0. The lowest BCUT2D eigenvalue weighted by Gasteiger charge is -2.56. The van der Waals surface area contributed by atoms with Crippen molar-refractivity contribution < 1.29 is 10.2 Å². The summed E-state index contributed by atoms with van der Waals surface area (Å²) in [6, 6.07) is 0. The van der Waals surface area contributed by atoms with E-state index in [0.29, 0.717) is 17.8 Å². The zero-order valence-corrected chi connectivity index (χ0v) is 20.0. The number of hydrogen-bond acceptors (Lipinski definition) is 2. The fourth-order valence-corrected chi connectivity index (χ4v) is 7.49. The fraction of sp³-hybridized carbons (Fsp3) is 1.00. The standard InChI is InChI=1S/C26H50O2/c1-8-11-18(4)21-13-14-22-20(12-9-2)23(17-24(28)26(21,22)7)25(5,6)16-15-19(27)10-3/h18-24,27-28H,8-17H2,1-7H3/t18?,19-,20?,21?,22-,23-,24-,26?/m0/s1. The Morgan fingerprint density at radius 2 is 1.75 bits per heavy atom. The van der Waals surface area contributed by atoms with E-state index in [2.05, 4.69) is 48.5 Å². The number of hydrogen-bond donors (Lipinski definition) is 2. The summed E-state index contributed by atoms with van der Waals surface area (Å²) in [4.78, 5) is 0. The Morgan fingerprint density at radius 1 is 1.07 bits per heavy atom. The molecule has 2 nitrogen and oxygen atoms in total. The van der Waals surface area contributed by atoms with Gasteiger partial charge in [-0.1, -0.05) is 74.1 Å². The fourth-order valence-electron chi connectivity index (χ4n) is 7.49. The Hall–Kier alpha value is -0.0800. The zero-order chi connectivity index (χ0) is 21.1. The van der Waals surface area contributed by atoms with Gasteiger partial charge < -0.3 is 10.2 Å². The second kappa shape index (κ2) is 9.82. The topological polar surface area (TPSA) is 40.5 Å². The van der Waals surface area contributed by atoms with Crippen LogP contribution in [0.5, 0.6) is 0 Å². The Labute approximate surface area is 175 Å². The lowest BCUT2D eigenvalue weighted by atomic mass is 9.50. The SMILES string of the molecule is CCCC(C)C1CC[C@H]2C(CCC)[C@@H](C(C)(C)CC[C@@H](O)CC)C[C@H](O)C12C. The molecule has 8 atom stereocenters. The van der Waals surface area contributed by atoms with Crippen LogP contribution in [0, 0.1) is 40.4 Å². The molecule has 2 N–H and O–H groups in total. The van der Waals surface area contributed by atoms with E-state index >= 15 is 0 Å². The highest BCUT2D eigenvalue weighted by atomic mass is 16.3. The zero-order valence-electron chi connectivity index (χ0n) is 20.0. The molecular formula is C26H50O2. The second-order valence-corrected chi connectivity index (χ2v) is 11.3. The van der Waals surface area contributed by atoms with Crippen molar-refractivity contribution >= 4 is 0 Å². The maximum absolute atomic E-state index is 11.5. The van der Waals surface area contributed by atoms with E-state index in [4.69, 9.17) is 0 Å². The monoisotopic (exact) mass is 394 g/mol. The van der Waals surface area contributed by atoms with Crippen LogP contribution in [0.2, 0.25) is 0 Å². The molecule has 0 aromatic carbocycles. The van der Waals surface area contributed by atoms with Crippen molar-refractivity contribution in [1.29, 1.82) is 0 Å². The molecule has 2 heteroatoms. The molecule has 0 saturated heterocycles. The van der Waals surface area contributed by atoms with Crippen LogP contribution in [0.15, 0.2) is 0 Å². The third-order valence-corrected chi connectivity index (χ3v) is 9.27. The van der Waals surface area contributed by atoms with Gasteiger partial charge in [-0.2, -0.15) is 0 Å². The summed E-state index contributed by atoms with van der Waals surface area (Å²) in [5.41, 5.74) is 0.287. The number of fused-ring (bicyclic) bond motifs is 1. The largest absolute Gasteiger partial charge is 0.393 e. The van der Waals surface area contributed by atoms with Crippen molar-refractivity contribution in [2.24, 2.45) is 40.4 Å². The van der Waals surface area contributed by atoms with E-state index in [-0.39, 0.29) is 23.0 Å². The van der Waals surface area contributed by atoms with Gasteiger partial charge in [0.15, 0.2) is 0 Å². The highest BCUT2D eigenvalue weighted by molar-refractivity contribution is 5.09. The van der Waals surface area contributed by atoms with Crippen LogP contribution in [0.25, 0.3) is 0 Å². The van der Waals surface area contributed by atoms with Gasteiger partial charge in [-0.05, 0) is 78.9 Å². The van der Waals surface area contributed by atoms with Crippen molar-refractivity contribution in [2.45, 2.75) is 125 Å². The molecule has 0 amide bonds. The first-order valence-corrected chi connectivity index (χ1v) is 12.5. The van der Waals surface area contributed by atoms with E-state index in [0.717, 1.165) is 37.5 Å². The molecule has 2 fully saturated rings. The van der Waals surface area contributed by atoms with Crippen LogP contribution in [0.1, 0.15) is 113 Å². The van der Waals surface area contributed by atoms with Crippen LogP contribution >= 0.6 is 0 Å². The Balaban J connectivity index is 2.26. The number of rotatable bonds is 10. The summed E-state index contributed by atoms with van der Waals surface area (Å²) in [6.45, 7) is 16.4. The lowest BCUT2D eigenvalue weighted by Crippen LogP contribution is -2.54. The predicted molar refractivity (Wildman–Crippen MR) is 120 cm³/mol. The average molecular weight is 395 g/mol. The normalized spacial score (nSPS) is 38.2. The third-order valence-electron chi connectivity index (χ3n) is 9.27. The Morgan fingerprint density at radius 3 is 2.32 bits per heavy atom. The minimum absolute atomic E-state index is 0.101. The van der Waals surface area contributed by atoms with Gasteiger partial charge in [0.05, 0.1) is 12.2 Å². The summed E-state index contributed by atoms with van der Waals surface area (Å²) in [5, 5.41) is 21.6. The molecule has 0 radical (unpaired) electrons. The van der Waals surface area contributed by atoms with Crippen molar-refractivity contribution in [2.75, 3.05) is 0 Å². The van der Waals surface area contributed by atoms with Crippen molar-refractivity contribution in [3.8, 4) is 0 Å². The Kier molecular flexibility index (Phi) is 8.48. The first kappa shape index (κ1) is 24.2. The summed E-state index contributed by atoms with van der Waals surface area (Å²) in [5.74, 6) is 3.37. The average Bonchev–Trinajstić information content (AvgIpc) is 3.01. The smallest absolute Gasteiger partial charge is 0.0602 e. The van der Waals surface area contributed by atoms with Crippen molar-refractivity contribution in [3.05, 3.63) is 0 Å². The van der Waals surface area contributed by atoms with Gasteiger partial charge in [-0.25, -0.2) is 0 Å². The molecule has 0 aliphatic heterocycles. The highest BCUT2D eigenvalue weighted by Crippen LogP contribution is 2.64. The molecule has 0 heterocycles. The summed E-state index contributed by atoms with van der Waals surface area (Å²) < 4.78 is 0. The van der Waals surface area contributed by atoms with Crippen LogP contribution in [0.3, 0.4) is 0 Å². The van der Waals surface area contributed by atoms with E-state index in [1.807, 2.05) is 0 Å². The molecule has 2 aliphatic carbocycles.